The fourth-order valence-corrected chi connectivity index (χ4v) is 1.99. The molecule has 1 rings (SSSR count). The van der Waals surface area contributed by atoms with Crippen LogP contribution in [-0.2, 0) is 4.74 Å². The molecule has 0 spiro atoms. The van der Waals surface area contributed by atoms with Crippen LogP contribution in [0.2, 0.25) is 0 Å². The average Bonchev–Trinajstić information content (AvgIpc) is 2.06. The van der Waals surface area contributed by atoms with Crippen molar-refractivity contribution in [2.24, 2.45) is 11.8 Å². The molecule has 2 nitrogen and oxygen atoms in total. The van der Waals surface area contributed by atoms with Crippen molar-refractivity contribution in [3.8, 4) is 0 Å². The quantitative estimate of drug-likeness (QED) is 0.516. The largest absolute Gasteiger partial charge is 0.381 e. The van der Waals surface area contributed by atoms with Gasteiger partial charge in [-0.05, 0) is 18.1 Å². The molecule has 14 heavy (non-hydrogen) atoms. The molecule has 0 aromatic rings. The molecule has 0 atom stereocenters. The second kappa shape index (κ2) is 6.70. The van der Waals surface area contributed by atoms with Crippen molar-refractivity contribution in [1.29, 1.82) is 0 Å². The lowest BCUT2D eigenvalue weighted by atomic mass is 10.00. The first-order chi connectivity index (χ1) is 6.72. The Bertz CT molecular complexity index is 146. The zero-order valence-corrected chi connectivity index (χ0v) is 10.3. The second-order valence-corrected chi connectivity index (χ2v) is 5.08. The first-order valence-corrected chi connectivity index (χ1v) is 6.26. The van der Waals surface area contributed by atoms with Crippen molar-refractivity contribution in [1.82, 2.24) is 4.90 Å². The molecular formula is C11H23NOS. The minimum absolute atomic E-state index is 0.786. The van der Waals surface area contributed by atoms with Gasteiger partial charge >= 0.3 is 0 Å². The first kappa shape index (κ1) is 12.3. The maximum atomic E-state index is 5.56. The summed E-state index contributed by atoms with van der Waals surface area (Å²) in [6.07, 6.45) is 1.07. The molecule has 0 aliphatic carbocycles. The van der Waals surface area contributed by atoms with Crippen molar-refractivity contribution in [2.75, 3.05) is 38.6 Å². The number of thiol groups is 1. The number of hydrogen-bond donors (Lipinski definition) is 1. The highest BCUT2D eigenvalue weighted by Crippen LogP contribution is 2.17. The first-order valence-electron chi connectivity index (χ1n) is 5.63. The fraction of sp³-hybridized carbons (Fsp3) is 1.00. The molecule has 1 saturated heterocycles. The Morgan fingerprint density at radius 1 is 1.43 bits per heavy atom. The normalized spacial score (nSPS) is 18.9. The minimum Gasteiger partial charge on any atom is -0.381 e. The monoisotopic (exact) mass is 217 g/mol. The van der Waals surface area contributed by atoms with E-state index in [9.17, 15) is 0 Å². The summed E-state index contributed by atoms with van der Waals surface area (Å²) in [5, 5.41) is 0. The summed E-state index contributed by atoms with van der Waals surface area (Å²) in [6, 6.07) is 0. The highest BCUT2D eigenvalue weighted by atomic mass is 32.1. The summed E-state index contributed by atoms with van der Waals surface area (Å²) in [5.41, 5.74) is 0. The third kappa shape index (κ3) is 4.67. The van der Waals surface area contributed by atoms with Gasteiger partial charge in [0.2, 0.25) is 0 Å². The molecule has 0 amide bonds. The van der Waals surface area contributed by atoms with Crippen LogP contribution in [0.15, 0.2) is 0 Å². The number of ether oxygens (including phenoxy) is 1. The highest BCUT2D eigenvalue weighted by Gasteiger charge is 2.26. The van der Waals surface area contributed by atoms with Crippen LogP contribution < -0.4 is 0 Å². The fourth-order valence-electron chi connectivity index (χ4n) is 1.86. The zero-order chi connectivity index (χ0) is 10.4. The number of likely N-dealkylation sites (tertiary alicyclic amines) is 1. The second-order valence-electron chi connectivity index (χ2n) is 4.63. The van der Waals surface area contributed by atoms with Gasteiger partial charge in [-0.25, -0.2) is 0 Å². The van der Waals surface area contributed by atoms with E-state index in [0.29, 0.717) is 0 Å². The van der Waals surface area contributed by atoms with Crippen LogP contribution in [0.3, 0.4) is 0 Å². The van der Waals surface area contributed by atoms with Gasteiger partial charge in [-0.15, -0.1) is 0 Å². The van der Waals surface area contributed by atoms with Crippen LogP contribution in [0, 0.1) is 11.8 Å². The molecule has 0 aromatic heterocycles. The van der Waals surface area contributed by atoms with E-state index in [2.05, 4.69) is 31.4 Å². The molecule has 1 fully saturated rings. The van der Waals surface area contributed by atoms with E-state index in [1.54, 1.807) is 0 Å². The maximum absolute atomic E-state index is 5.56. The van der Waals surface area contributed by atoms with E-state index in [-0.39, 0.29) is 0 Å². The van der Waals surface area contributed by atoms with Crippen molar-refractivity contribution in [3.63, 3.8) is 0 Å². The van der Waals surface area contributed by atoms with Crippen molar-refractivity contribution < 1.29 is 4.74 Å². The van der Waals surface area contributed by atoms with Crippen LogP contribution in [0.25, 0.3) is 0 Å². The smallest absolute Gasteiger partial charge is 0.0518 e. The van der Waals surface area contributed by atoms with Gasteiger partial charge in [0.25, 0.3) is 0 Å². The molecule has 0 N–H and O–H groups in total. The van der Waals surface area contributed by atoms with E-state index >= 15 is 0 Å². The third-order valence-electron chi connectivity index (χ3n) is 2.46. The van der Waals surface area contributed by atoms with E-state index in [1.165, 1.54) is 19.6 Å². The molecule has 0 unspecified atom stereocenters. The summed E-state index contributed by atoms with van der Waals surface area (Å²) >= 11 is 4.15. The Balaban J connectivity index is 1.89. The van der Waals surface area contributed by atoms with Crippen molar-refractivity contribution in [2.45, 2.75) is 20.3 Å². The van der Waals surface area contributed by atoms with E-state index in [4.69, 9.17) is 4.74 Å². The average molecular weight is 217 g/mol. The number of hydrogen-bond acceptors (Lipinski definition) is 3. The van der Waals surface area contributed by atoms with Gasteiger partial charge in [-0.2, -0.15) is 12.6 Å². The van der Waals surface area contributed by atoms with Gasteiger partial charge < -0.3 is 9.64 Å². The molecule has 0 saturated carbocycles. The van der Waals surface area contributed by atoms with E-state index in [1.807, 2.05) is 0 Å². The van der Waals surface area contributed by atoms with Gasteiger partial charge in [0.15, 0.2) is 0 Å². The zero-order valence-electron chi connectivity index (χ0n) is 9.41. The Kier molecular flexibility index (Phi) is 5.90. The summed E-state index contributed by atoms with van der Waals surface area (Å²) in [7, 11) is 0. The van der Waals surface area contributed by atoms with Gasteiger partial charge in [0.05, 0.1) is 6.61 Å². The van der Waals surface area contributed by atoms with Crippen LogP contribution in [0.4, 0.5) is 0 Å². The maximum Gasteiger partial charge on any atom is 0.0518 e. The van der Waals surface area contributed by atoms with Crippen molar-refractivity contribution in [3.05, 3.63) is 0 Å². The Hall–Kier alpha value is 0.270. The van der Waals surface area contributed by atoms with Crippen molar-refractivity contribution >= 4 is 12.6 Å². The molecular weight excluding hydrogens is 194 g/mol. The molecule has 0 aromatic carbocycles. The molecule has 1 aliphatic heterocycles. The number of rotatable bonds is 7. The Morgan fingerprint density at radius 3 is 2.71 bits per heavy atom. The van der Waals surface area contributed by atoms with E-state index in [0.717, 1.165) is 37.2 Å². The van der Waals surface area contributed by atoms with Crippen LogP contribution in [-0.4, -0.2) is 43.5 Å². The Labute approximate surface area is 93.4 Å². The Morgan fingerprint density at radius 2 is 2.14 bits per heavy atom. The minimum atomic E-state index is 0.786. The molecule has 0 radical (unpaired) electrons. The summed E-state index contributed by atoms with van der Waals surface area (Å²) in [4.78, 5) is 2.51. The summed E-state index contributed by atoms with van der Waals surface area (Å²) in [6.45, 7) is 10.1. The van der Waals surface area contributed by atoms with Gasteiger partial charge in [0.1, 0.15) is 0 Å². The lowest BCUT2D eigenvalue weighted by molar-refractivity contribution is 0.00995. The van der Waals surface area contributed by atoms with Gasteiger partial charge in [-0.3, -0.25) is 0 Å². The predicted octanol–water partition coefficient (Wildman–Crippen LogP) is 1.91. The van der Waals surface area contributed by atoms with Crippen LogP contribution in [0.1, 0.15) is 20.3 Å². The van der Waals surface area contributed by atoms with Gasteiger partial charge in [-0.1, -0.05) is 13.8 Å². The third-order valence-corrected chi connectivity index (χ3v) is 2.77. The molecule has 0 bridgehead atoms. The van der Waals surface area contributed by atoms with Crippen LogP contribution >= 0.6 is 12.6 Å². The van der Waals surface area contributed by atoms with E-state index < -0.39 is 0 Å². The van der Waals surface area contributed by atoms with Gasteiger partial charge in [0, 0.05) is 32.2 Å². The molecule has 1 heterocycles. The SMILES string of the molecule is CC(C)CN1CC(COCCCS)C1. The topological polar surface area (TPSA) is 12.5 Å². The summed E-state index contributed by atoms with van der Waals surface area (Å²) < 4.78 is 5.56. The molecule has 84 valence electrons. The lowest BCUT2D eigenvalue weighted by Gasteiger charge is -2.40. The van der Waals surface area contributed by atoms with Crippen LogP contribution in [0.5, 0.6) is 0 Å². The highest BCUT2D eigenvalue weighted by molar-refractivity contribution is 7.80. The summed E-state index contributed by atoms with van der Waals surface area (Å²) in [5.74, 6) is 2.51. The number of nitrogens with zero attached hydrogens (tertiary/aromatic N) is 1. The standard InChI is InChI=1S/C11H23NOS/c1-10(2)6-12-7-11(8-12)9-13-4-3-5-14/h10-11,14H,3-9H2,1-2H3. The lowest BCUT2D eigenvalue weighted by Crippen LogP contribution is -2.49. The predicted molar refractivity (Wildman–Crippen MR) is 64.1 cm³/mol. The molecule has 1 aliphatic rings. The molecule has 3 heteroatoms.